The number of nitro groups is 1. The third kappa shape index (κ3) is 1.18. The van der Waals surface area contributed by atoms with Crippen LogP contribution in [0.2, 0.25) is 0 Å². The summed E-state index contributed by atoms with van der Waals surface area (Å²) in [7, 11) is 1.89. The maximum atomic E-state index is 12.5. The van der Waals surface area contributed by atoms with Gasteiger partial charge in [-0.25, -0.2) is 0 Å². The molecule has 24 heavy (non-hydrogen) atoms. The van der Waals surface area contributed by atoms with E-state index >= 15 is 0 Å². The molecular weight excluding hydrogens is 312 g/mol. The first kappa shape index (κ1) is 14.0. The van der Waals surface area contributed by atoms with Crippen LogP contribution in [-0.2, 0) is 16.6 Å². The summed E-state index contributed by atoms with van der Waals surface area (Å²) in [6, 6.07) is 3.01. The first-order chi connectivity index (χ1) is 11.4. The molecule has 0 radical (unpaired) electrons. The van der Waals surface area contributed by atoms with E-state index in [9.17, 15) is 20.0 Å². The number of piperidine rings is 1. The number of benzene rings is 1. The van der Waals surface area contributed by atoms with Crippen LogP contribution in [0.25, 0.3) is 0 Å². The predicted molar refractivity (Wildman–Crippen MR) is 82.8 cm³/mol. The van der Waals surface area contributed by atoms with Crippen molar-refractivity contribution < 1.29 is 19.6 Å². The zero-order chi connectivity index (χ0) is 16.9. The van der Waals surface area contributed by atoms with Gasteiger partial charge < -0.3 is 9.84 Å². The number of likely N-dealkylation sites (N-methyl/N-ethyl adjacent to an activating group) is 1. The topological polar surface area (TPSA) is 92.9 Å². The molecule has 0 saturated carbocycles. The van der Waals surface area contributed by atoms with Crippen molar-refractivity contribution in [1.82, 2.24) is 4.90 Å². The highest BCUT2D eigenvalue weighted by molar-refractivity contribution is 5.99. The fraction of sp³-hybridized carbons (Fsp3) is 0.471. The van der Waals surface area contributed by atoms with Crippen molar-refractivity contribution in [3.8, 4) is 11.5 Å². The number of carbonyl (C=O) groups excluding carboxylic acids is 1. The number of rotatable bonds is 1. The largest absolute Gasteiger partial charge is 0.504 e. The van der Waals surface area contributed by atoms with Crippen LogP contribution in [-0.4, -0.2) is 52.0 Å². The molecule has 7 nitrogen and oxygen atoms in total. The molecule has 2 unspecified atom stereocenters. The average molecular weight is 328 g/mol. The SMILES string of the molecule is CN1CCC23c4c5ccc(O)c4O[C@H]2C(=O)C=C[C@@]3([N+](=O)[O-])C1C5. The molecule has 2 aliphatic carbocycles. The summed E-state index contributed by atoms with van der Waals surface area (Å²) in [6.07, 6.45) is 2.79. The minimum absolute atomic E-state index is 0.0556. The van der Waals surface area contributed by atoms with E-state index < -0.39 is 17.1 Å². The molecular formula is C17H16N2O5. The van der Waals surface area contributed by atoms with Gasteiger partial charge in [0, 0.05) is 10.5 Å². The normalized spacial score (nSPS) is 38.6. The molecule has 5 rings (SSSR count). The molecule has 4 aliphatic rings. The van der Waals surface area contributed by atoms with Gasteiger partial charge in [-0.3, -0.25) is 19.8 Å². The highest BCUT2D eigenvalue weighted by atomic mass is 16.6. The van der Waals surface area contributed by atoms with Gasteiger partial charge in [-0.1, -0.05) is 6.07 Å². The van der Waals surface area contributed by atoms with Crippen LogP contribution in [0.1, 0.15) is 17.5 Å². The van der Waals surface area contributed by atoms with Crippen molar-refractivity contribution in [2.75, 3.05) is 13.6 Å². The van der Waals surface area contributed by atoms with E-state index in [0.29, 0.717) is 24.9 Å². The second-order valence-electron chi connectivity index (χ2n) is 7.19. The third-order valence-corrected chi connectivity index (χ3v) is 6.44. The zero-order valence-electron chi connectivity index (χ0n) is 13.1. The van der Waals surface area contributed by atoms with Crippen molar-refractivity contribution in [1.29, 1.82) is 0 Å². The van der Waals surface area contributed by atoms with Gasteiger partial charge in [0.2, 0.25) is 0 Å². The molecule has 1 aromatic rings. The van der Waals surface area contributed by atoms with Crippen molar-refractivity contribution in [2.45, 2.75) is 35.9 Å². The Bertz CT molecular complexity index is 850. The summed E-state index contributed by atoms with van der Waals surface area (Å²) in [5.74, 6) is -0.0667. The molecule has 2 heterocycles. The number of hydrogen-bond donors (Lipinski definition) is 1. The van der Waals surface area contributed by atoms with Crippen molar-refractivity contribution in [3.63, 3.8) is 0 Å². The maximum absolute atomic E-state index is 12.5. The van der Waals surface area contributed by atoms with Crippen LogP contribution in [0.3, 0.4) is 0 Å². The fourth-order valence-corrected chi connectivity index (χ4v) is 5.47. The molecule has 0 aromatic heterocycles. The van der Waals surface area contributed by atoms with E-state index in [1.807, 2.05) is 11.9 Å². The molecule has 2 aliphatic heterocycles. The van der Waals surface area contributed by atoms with Crippen LogP contribution in [0, 0.1) is 10.1 Å². The molecule has 7 heteroatoms. The average Bonchev–Trinajstić information content (AvgIpc) is 2.90. The highest BCUT2D eigenvalue weighted by Crippen LogP contribution is 2.64. The second-order valence-corrected chi connectivity index (χ2v) is 7.19. The van der Waals surface area contributed by atoms with Gasteiger partial charge in [0.25, 0.3) is 5.54 Å². The number of carbonyl (C=O) groups is 1. The Morgan fingerprint density at radius 3 is 3.00 bits per heavy atom. The van der Waals surface area contributed by atoms with Gasteiger partial charge in [0.05, 0.1) is 6.04 Å². The van der Waals surface area contributed by atoms with Gasteiger partial charge in [-0.05, 0) is 50.2 Å². The monoisotopic (exact) mass is 328 g/mol. The van der Waals surface area contributed by atoms with E-state index in [2.05, 4.69) is 0 Å². The zero-order valence-corrected chi connectivity index (χ0v) is 13.1. The smallest absolute Gasteiger partial charge is 0.269 e. The summed E-state index contributed by atoms with van der Waals surface area (Å²) in [5, 5.41) is 22.6. The highest BCUT2D eigenvalue weighted by Gasteiger charge is 2.78. The summed E-state index contributed by atoms with van der Waals surface area (Å²) in [5.41, 5.74) is -0.847. The van der Waals surface area contributed by atoms with E-state index in [1.54, 1.807) is 12.1 Å². The number of ether oxygens (including phenoxy) is 1. The van der Waals surface area contributed by atoms with Crippen LogP contribution >= 0.6 is 0 Å². The lowest BCUT2D eigenvalue weighted by Crippen LogP contribution is -2.77. The molecule has 1 saturated heterocycles. The Balaban J connectivity index is 1.95. The minimum atomic E-state index is -1.41. The first-order valence-electron chi connectivity index (χ1n) is 8.03. The Kier molecular flexibility index (Phi) is 2.31. The second kappa shape index (κ2) is 3.97. The van der Waals surface area contributed by atoms with Crippen molar-refractivity contribution in [3.05, 3.63) is 45.5 Å². The Labute approximate surface area is 137 Å². The number of ketones is 1. The quantitative estimate of drug-likeness (QED) is 0.606. The molecule has 1 aromatic carbocycles. The van der Waals surface area contributed by atoms with Crippen LogP contribution in [0.5, 0.6) is 11.5 Å². The minimum Gasteiger partial charge on any atom is -0.504 e. The lowest BCUT2D eigenvalue weighted by molar-refractivity contribution is -0.584. The number of hydrogen-bond acceptors (Lipinski definition) is 6. The molecule has 2 bridgehead atoms. The van der Waals surface area contributed by atoms with Gasteiger partial charge in [-0.15, -0.1) is 0 Å². The van der Waals surface area contributed by atoms with Crippen LogP contribution < -0.4 is 4.74 Å². The van der Waals surface area contributed by atoms with E-state index in [0.717, 1.165) is 5.56 Å². The Morgan fingerprint density at radius 2 is 2.25 bits per heavy atom. The molecule has 1 fully saturated rings. The number of nitrogens with zero attached hydrogens (tertiary/aromatic N) is 2. The summed E-state index contributed by atoms with van der Waals surface area (Å²) >= 11 is 0. The Morgan fingerprint density at radius 1 is 1.46 bits per heavy atom. The molecule has 0 amide bonds. The number of aromatic hydroxyl groups is 1. The fourth-order valence-electron chi connectivity index (χ4n) is 5.47. The van der Waals surface area contributed by atoms with Gasteiger partial charge >= 0.3 is 0 Å². The molecule has 124 valence electrons. The molecule has 1 spiro atoms. The molecule has 4 atom stereocenters. The first-order valence-corrected chi connectivity index (χ1v) is 8.03. The van der Waals surface area contributed by atoms with Crippen LogP contribution in [0.4, 0.5) is 0 Å². The predicted octanol–water partition coefficient (Wildman–Crippen LogP) is 0.806. The lowest BCUT2D eigenvalue weighted by Gasteiger charge is -2.56. The van der Waals surface area contributed by atoms with Gasteiger partial charge in [0.15, 0.2) is 23.4 Å². The summed E-state index contributed by atoms with van der Waals surface area (Å²) < 4.78 is 5.86. The van der Waals surface area contributed by atoms with Crippen molar-refractivity contribution in [2.24, 2.45) is 0 Å². The van der Waals surface area contributed by atoms with Gasteiger partial charge in [0.1, 0.15) is 5.41 Å². The standard InChI is InChI=1S/C17H16N2O5/c1-18-7-6-16-13-9-2-3-10(20)14(13)24-15(16)11(21)4-5-17(16,19(22)23)12(18)8-9/h2-5,12,15,20H,6-8H2,1H3/t12?,15-,16?,17+/m0/s1. The lowest BCUT2D eigenvalue weighted by atomic mass is 9.49. The van der Waals surface area contributed by atoms with Crippen molar-refractivity contribution >= 4 is 5.78 Å². The van der Waals surface area contributed by atoms with E-state index in [1.165, 1.54) is 12.2 Å². The number of phenolic OH excluding ortho intramolecular Hbond substituents is 1. The summed E-state index contributed by atoms with van der Waals surface area (Å²) in [4.78, 5) is 26.7. The molecule has 1 N–H and O–H groups in total. The van der Waals surface area contributed by atoms with E-state index in [-0.39, 0.29) is 28.2 Å². The number of likely N-dealkylation sites (tertiary alicyclic amines) is 1. The number of phenols is 1. The Hall–Kier alpha value is -2.41. The van der Waals surface area contributed by atoms with E-state index in [4.69, 9.17) is 4.74 Å². The third-order valence-electron chi connectivity index (χ3n) is 6.44. The van der Waals surface area contributed by atoms with Crippen LogP contribution in [0.15, 0.2) is 24.3 Å². The summed E-state index contributed by atoms with van der Waals surface area (Å²) in [6.45, 7) is 0.649. The maximum Gasteiger partial charge on any atom is 0.269 e. The van der Waals surface area contributed by atoms with Gasteiger partial charge in [-0.2, -0.15) is 0 Å².